The van der Waals surface area contributed by atoms with Gasteiger partial charge in [0.05, 0.1) is 50.3 Å². The lowest BCUT2D eigenvalue weighted by Crippen LogP contribution is -2.29. The standard InChI is InChI=1S/C26H34N8O11P2S2/c35-5-4-32-12-31-25-22(26(32)37)30-13-34(25)19-6-15(36)17(43-19)9-42-47(40,49)45-16-7-20(44-18(16)10-41-46(38,39)48)33-8-14-2-1-3-27-23-21(14)24(33)29-11-28-23/h8,11-13,15-20,35-36H,1-7,9-10H2,(H,40,49)(H,27,28,29)(H2,38,39,48)/t15-,16?,17+,18+,19+,20+,47?/m0/s1. The van der Waals surface area contributed by atoms with Gasteiger partial charge in [0.15, 0.2) is 11.2 Å². The van der Waals surface area contributed by atoms with Gasteiger partial charge in [-0.1, -0.05) is 12.2 Å². The number of hydrogen-bond donors (Lipinski definition) is 6. The van der Waals surface area contributed by atoms with Crippen LogP contribution >= 0.6 is 25.8 Å². The molecule has 3 unspecified atom stereocenters. The van der Waals surface area contributed by atoms with Crippen molar-refractivity contribution in [3.8, 4) is 0 Å². The molecular formula is C26H34N8O11P2S2. The predicted octanol–water partition coefficient (Wildman–Crippen LogP) is 0.990. The summed E-state index contributed by atoms with van der Waals surface area (Å²) in [5.74, 6) is 0.717. The molecule has 2 saturated heterocycles. The first-order chi connectivity index (χ1) is 23.4. The molecule has 2 fully saturated rings. The smallest absolute Gasteiger partial charge is 0.383 e. The average Bonchev–Trinajstić information content (AvgIpc) is 3.80. The highest BCUT2D eigenvalue weighted by Crippen LogP contribution is 2.52. The molecule has 8 atom stereocenters. The maximum absolute atomic E-state index is 12.7. The lowest BCUT2D eigenvalue weighted by atomic mass is 10.1. The van der Waals surface area contributed by atoms with Crippen molar-refractivity contribution in [1.82, 2.24) is 33.6 Å². The number of hydrogen-bond acceptors (Lipinski definition) is 15. The number of imidazole rings is 1. The van der Waals surface area contributed by atoms with Crippen LogP contribution in [0.15, 0.2) is 30.0 Å². The molecule has 0 spiro atoms. The van der Waals surface area contributed by atoms with Gasteiger partial charge in [0.2, 0.25) is 0 Å². The lowest BCUT2D eigenvalue weighted by molar-refractivity contribution is -0.0488. The van der Waals surface area contributed by atoms with E-state index < -0.39 is 62.6 Å². The Morgan fingerprint density at radius 1 is 1.04 bits per heavy atom. The van der Waals surface area contributed by atoms with Crippen molar-refractivity contribution in [3.63, 3.8) is 0 Å². The van der Waals surface area contributed by atoms with Crippen LogP contribution in [0.4, 0.5) is 5.82 Å². The molecule has 3 aliphatic heterocycles. The van der Waals surface area contributed by atoms with Crippen LogP contribution in [0.2, 0.25) is 0 Å². The second kappa shape index (κ2) is 14.0. The molecule has 0 radical (unpaired) electrons. The van der Waals surface area contributed by atoms with Crippen molar-refractivity contribution in [3.05, 3.63) is 41.1 Å². The molecule has 4 aromatic rings. The molecular weight excluding hydrogens is 726 g/mol. The van der Waals surface area contributed by atoms with Gasteiger partial charge in [0, 0.05) is 25.6 Å². The van der Waals surface area contributed by atoms with Crippen LogP contribution < -0.4 is 10.9 Å². The van der Waals surface area contributed by atoms with Gasteiger partial charge in [-0.25, -0.2) is 24.5 Å². The zero-order valence-electron chi connectivity index (χ0n) is 25.7. The van der Waals surface area contributed by atoms with Gasteiger partial charge >= 0.3 is 13.5 Å². The molecule has 7 heterocycles. The summed E-state index contributed by atoms with van der Waals surface area (Å²) in [4.78, 5) is 50.7. The molecule has 7 rings (SSSR count). The summed E-state index contributed by atoms with van der Waals surface area (Å²) in [6.07, 6.45) is 2.72. The van der Waals surface area contributed by atoms with Gasteiger partial charge in [-0.2, -0.15) is 0 Å². The second-order valence-electron chi connectivity index (χ2n) is 11.8. The van der Waals surface area contributed by atoms with Gasteiger partial charge in [0.25, 0.3) is 5.56 Å². The number of aliphatic hydroxyl groups is 2. The molecule has 5 N–H and O–H groups in total. The Bertz CT molecular complexity index is 2010. The average molecular weight is 761 g/mol. The highest BCUT2D eigenvalue weighted by atomic mass is 32.7. The molecule has 3 aliphatic rings. The van der Waals surface area contributed by atoms with Crippen LogP contribution in [0, 0.1) is 0 Å². The largest absolute Gasteiger partial charge is 0.395 e. The maximum atomic E-state index is 12.7. The molecule has 0 aliphatic carbocycles. The van der Waals surface area contributed by atoms with Crippen molar-refractivity contribution in [2.45, 2.75) is 69.1 Å². The van der Waals surface area contributed by atoms with E-state index in [0.29, 0.717) is 5.65 Å². The van der Waals surface area contributed by atoms with Crippen molar-refractivity contribution >= 4 is 65.6 Å². The Balaban J connectivity index is 1.04. The first kappa shape index (κ1) is 35.1. The summed E-state index contributed by atoms with van der Waals surface area (Å²) in [5.41, 5.74) is 1.55. The van der Waals surface area contributed by atoms with Crippen molar-refractivity contribution in [1.29, 1.82) is 0 Å². The third kappa shape index (κ3) is 7.36. The molecule has 4 aromatic heterocycles. The van der Waals surface area contributed by atoms with Gasteiger partial charge in [-0.3, -0.25) is 18.5 Å². The van der Waals surface area contributed by atoms with E-state index in [9.17, 15) is 29.4 Å². The number of aliphatic hydroxyl groups excluding tert-OH is 2. The van der Waals surface area contributed by atoms with Crippen LogP contribution in [0.25, 0.3) is 22.2 Å². The Labute approximate surface area is 288 Å². The van der Waals surface area contributed by atoms with Gasteiger partial charge in [-0.05, 0) is 30.2 Å². The normalized spacial score (nSPS) is 28.0. The number of aryl methyl sites for hydroxylation is 1. The third-order valence-corrected chi connectivity index (χ3v) is 11.0. The van der Waals surface area contributed by atoms with E-state index in [2.05, 4.69) is 37.5 Å². The Hall–Kier alpha value is -2.36. The summed E-state index contributed by atoms with van der Waals surface area (Å²) in [5, 5.41) is 24.1. The maximum Gasteiger partial charge on any atom is 0.383 e. The van der Waals surface area contributed by atoms with Gasteiger partial charge < -0.3 is 48.4 Å². The SMILES string of the molecule is O=c1c2ncn([C@H]3C[C@H](O)[C@@H](COP(O)(=S)OC4C[C@H](n5cc6c7c(ncnc75)NCCC6)O[C@@H]4COP(=O)(O)S)O3)c2ncn1CCO. The Morgan fingerprint density at radius 3 is 2.61 bits per heavy atom. The second-order valence-corrected chi connectivity index (χ2v) is 17.3. The molecule has 266 valence electrons. The summed E-state index contributed by atoms with van der Waals surface area (Å²) >= 11 is 8.92. The summed E-state index contributed by atoms with van der Waals surface area (Å²) in [6, 6.07) is 0. The molecule has 19 nitrogen and oxygen atoms in total. The van der Waals surface area contributed by atoms with Crippen LogP contribution in [0.1, 0.15) is 37.3 Å². The van der Waals surface area contributed by atoms with E-state index in [1.807, 2.05) is 10.8 Å². The van der Waals surface area contributed by atoms with E-state index in [1.165, 1.54) is 28.1 Å². The summed E-state index contributed by atoms with van der Waals surface area (Å²) in [6.45, 7) is -8.33. The number of anilines is 1. The molecule has 0 saturated carbocycles. The topological polar surface area (TPSA) is 240 Å². The van der Waals surface area contributed by atoms with Crippen LogP contribution in [0.5, 0.6) is 0 Å². The molecule has 0 aromatic carbocycles. The number of aromatic nitrogens is 7. The zero-order valence-corrected chi connectivity index (χ0v) is 29.2. The monoisotopic (exact) mass is 760 g/mol. The van der Waals surface area contributed by atoms with E-state index in [-0.39, 0.29) is 43.8 Å². The van der Waals surface area contributed by atoms with Gasteiger partial charge in [-0.15, -0.1) is 0 Å². The Kier molecular flexibility index (Phi) is 10.0. The van der Waals surface area contributed by atoms with Crippen molar-refractivity contribution < 1.29 is 47.6 Å². The van der Waals surface area contributed by atoms with Crippen LogP contribution in [-0.2, 0) is 52.4 Å². The number of nitrogens with zero attached hydrogens (tertiary/aromatic N) is 7. The Morgan fingerprint density at radius 2 is 1.82 bits per heavy atom. The highest BCUT2D eigenvalue weighted by Gasteiger charge is 2.43. The molecule has 23 heteroatoms. The van der Waals surface area contributed by atoms with E-state index >= 15 is 0 Å². The van der Waals surface area contributed by atoms with E-state index in [1.54, 1.807) is 0 Å². The number of nitrogens with one attached hydrogen (secondary N) is 1. The van der Waals surface area contributed by atoms with E-state index in [0.717, 1.165) is 36.2 Å². The molecule has 0 bridgehead atoms. The van der Waals surface area contributed by atoms with Crippen molar-refractivity contribution in [2.75, 3.05) is 31.7 Å². The number of ether oxygens (including phenoxy) is 2. The minimum atomic E-state index is -4.19. The molecule has 49 heavy (non-hydrogen) atoms. The summed E-state index contributed by atoms with van der Waals surface area (Å²) < 4.78 is 45.2. The molecule has 0 amide bonds. The highest BCUT2D eigenvalue weighted by molar-refractivity contribution is 8.44. The van der Waals surface area contributed by atoms with Crippen LogP contribution in [0.3, 0.4) is 0 Å². The van der Waals surface area contributed by atoms with E-state index in [4.69, 9.17) is 34.9 Å². The van der Waals surface area contributed by atoms with Crippen LogP contribution in [-0.4, -0.2) is 104 Å². The lowest BCUT2D eigenvalue weighted by Gasteiger charge is -2.25. The third-order valence-electron chi connectivity index (χ3n) is 8.58. The van der Waals surface area contributed by atoms with Gasteiger partial charge in [0.1, 0.15) is 48.8 Å². The fraction of sp³-hybridized carbons (Fsp3) is 0.577. The zero-order chi connectivity index (χ0) is 34.5. The quantitative estimate of drug-likeness (QED) is 0.0872. The fourth-order valence-electron chi connectivity index (χ4n) is 6.32. The summed E-state index contributed by atoms with van der Waals surface area (Å²) in [7, 11) is 0. The first-order valence-electron chi connectivity index (χ1n) is 15.4. The minimum absolute atomic E-state index is 0.0678. The fourth-order valence-corrected chi connectivity index (χ4v) is 8.34. The predicted molar refractivity (Wildman–Crippen MR) is 178 cm³/mol. The number of fused-ring (bicyclic) bond motifs is 1. The number of rotatable bonds is 12. The minimum Gasteiger partial charge on any atom is -0.395 e. The first-order valence-corrected chi connectivity index (χ1v) is 20.7. The number of thiol groups is 1. The van der Waals surface area contributed by atoms with Crippen molar-refractivity contribution in [2.24, 2.45) is 0 Å².